The van der Waals surface area contributed by atoms with Crippen LogP contribution in [0.15, 0.2) is 42.7 Å². The number of amides is 1. The molecule has 0 spiro atoms. The summed E-state index contributed by atoms with van der Waals surface area (Å²) in [6.07, 6.45) is 4.27. The second-order valence-corrected chi connectivity index (χ2v) is 6.01. The Labute approximate surface area is 147 Å². The molecule has 1 aromatic carbocycles. The van der Waals surface area contributed by atoms with Gasteiger partial charge in [-0.1, -0.05) is 37.3 Å². The first-order valence-corrected chi connectivity index (χ1v) is 8.44. The molecule has 2 unspecified atom stereocenters. The van der Waals surface area contributed by atoms with Gasteiger partial charge in [0.05, 0.1) is 12.5 Å². The minimum Gasteiger partial charge on any atom is -0.470 e. The van der Waals surface area contributed by atoms with Crippen LogP contribution in [0.5, 0.6) is 5.88 Å². The lowest BCUT2D eigenvalue weighted by Gasteiger charge is -2.23. The van der Waals surface area contributed by atoms with Crippen molar-refractivity contribution in [3.63, 3.8) is 0 Å². The maximum Gasteiger partial charge on any atom is 0.251 e. The number of likely N-dealkylation sites (tertiary alicyclic amines) is 1. The Morgan fingerprint density at radius 3 is 2.84 bits per heavy atom. The molecule has 3 rings (SSSR count). The molecule has 1 fully saturated rings. The first kappa shape index (κ1) is 16.9. The molecule has 1 aromatic heterocycles. The lowest BCUT2D eigenvalue weighted by Crippen LogP contribution is -2.34. The molecule has 2 heterocycles. The van der Waals surface area contributed by atoms with Crippen LogP contribution >= 0.6 is 0 Å². The molecule has 0 radical (unpaired) electrons. The third-order valence-electron chi connectivity index (χ3n) is 4.41. The summed E-state index contributed by atoms with van der Waals surface area (Å²) in [4.78, 5) is 22.7. The van der Waals surface area contributed by atoms with E-state index in [1.165, 1.54) is 12.4 Å². The van der Waals surface area contributed by atoms with Crippen molar-refractivity contribution in [1.29, 1.82) is 5.26 Å². The highest BCUT2D eigenvalue weighted by Crippen LogP contribution is 2.25. The van der Waals surface area contributed by atoms with Gasteiger partial charge in [0.1, 0.15) is 12.2 Å². The van der Waals surface area contributed by atoms with Crippen molar-refractivity contribution in [3.8, 4) is 11.9 Å². The fraction of sp³-hybridized carbons (Fsp3) is 0.368. The summed E-state index contributed by atoms with van der Waals surface area (Å²) in [6.45, 7) is 3.18. The van der Waals surface area contributed by atoms with E-state index < -0.39 is 0 Å². The lowest BCUT2D eigenvalue weighted by atomic mass is 9.95. The SMILES string of the molecule is CCC(C(=O)N1CCC(Oc2nccnc2C#N)C1)c1ccccc1. The Morgan fingerprint density at radius 1 is 1.36 bits per heavy atom. The summed E-state index contributed by atoms with van der Waals surface area (Å²) >= 11 is 0. The third kappa shape index (κ3) is 3.77. The molecule has 0 bridgehead atoms. The zero-order chi connectivity index (χ0) is 17.6. The summed E-state index contributed by atoms with van der Waals surface area (Å²) in [5.74, 6) is 0.227. The topological polar surface area (TPSA) is 79.1 Å². The van der Waals surface area contributed by atoms with E-state index in [1.54, 1.807) is 0 Å². The Morgan fingerprint density at radius 2 is 2.12 bits per heavy atom. The van der Waals surface area contributed by atoms with E-state index in [0.29, 0.717) is 13.1 Å². The highest BCUT2D eigenvalue weighted by atomic mass is 16.5. The van der Waals surface area contributed by atoms with Crippen molar-refractivity contribution in [2.24, 2.45) is 0 Å². The summed E-state index contributed by atoms with van der Waals surface area (Å²) in [7, 11) is 0. The standard InChI is InChI=1S/C19H20N4O2/c1-2-16(14-6-4-3-5-7-14)19(24)23-11-8-15(13-23)25-18-17(12-20)21-9-10-22-18/h3-7,9-10,15-16H,2,8,11,13H2,1H3. The van der Waals surface area contributed by atoms with E-state index in [0.717, 1.165) is 18.4 Å². The molecule has 128 valence electrons. The van der Waals surface area contributed by atoms with Crippen LogP contribution in [0.2, 0.25) is 0 Å². The van der Waals surface area contributed by atoms with Gasteiger partial charge in [-0.3, -0.25) is 4.79 Å². The maximum absolute atomic E-state index is 12.9. The number of nitriles is 1. The quantitative estimate of drug-likeness (QED) is 0.838. The van der Waals surface area contributed by atoms with Crippen LogP contribution in [0, 0.1) is 11.3 Å². The van der Waals surface area contributed by atoms with Crippen LogP contribution in [-0.2, 0) is 4.79 Å². The molecule has 2 aromatic rings. The molecule has 0 N–H and O–H groups in total. The number of aromatic nitrogens is 2. The molecule has 6 nitrogen and oxygen atoms in total. The molecule has 1 aliphatic heterocycles. The Bertz CT molecular complexity index is 772. The fourth-order valence-electron chi connectivity index (χ4n) is 3.13. The second-order valence-electron chi connectivity index (χ2n) is 6.01. The largest absolute Gasteiger partial charge is 0.470 e. The van der Waals surface area contributed by atoms with Crippen molar-refractivity contribution < 1.29 is 9.53 Å². The van der Waals surface area contributed by atoms with Crippen molar-refractivity contribution >= 4 is 5.91 Å². The molecular formula is C19H20N4O2. The normalized spacial score (nSPS) is 17.8. The van der Waals surface area contributed by atoms with Gasteiger partial charge in [-0.05, 0) is 12.0 Å². The van der Waals surface area contributed by atoms with Crippen LogP contribution in [0.25, 0.3) is 0 Å². The van der Waals surface area contributed by atoms with Crippen LogP contribution < -0.4 is 4.74 Å². The number of hydrogen-bond donors (Lipinski definition) is 0. The highest BCUT2D eigenvalue weighted by molar-refractivity contribution is 5.84. The number of nitrogens with zero attached hydrogens (tertiary/aromatic N) is 4. The van der Waals surface area contributed by atoms with Crippen molar-refractivity contribution in [2.75, 3.05) is 13.1 Å². The average molecular weight is 336 g/mol. The zero-order valence-electron chi connectivity index (χ0n) is 14.1. The number of carbonyl (C=O) groups excluding carboxylic acids is 1. The van der Waals surface area contributed by atoms with Crippen LogP contribution in [-0.4, -0.2) is 40.0 Å². The van der Waals surface area contributed by atoms with Gasteiger partial charge in [0.2, 0.25) is 11.6 Å². The molecule has 1 aliphatic rings. The number of rotatable bonds is 5. The third-order valence-corrected chi connectivity index (χ3v) is 4.41. The predicted octanol–water partition coefficient (Wildman–Crippen LogP) is 2.52. The van der Waals surface area contributed by atoms with Crippen LogP contribution in [0.1, 0.15) is 36.9 Å². The Balaban J connectivity index is 1.66. The van der Waals surface area contributed by atoms with Gasteiger partial charge in [-0.15, -0.1) is 0 Å². The fourth-order valence-corrected chi connectivity index (χ4v) is 3.13. The zero-order valence-corrected chi connectivity index (χ0v) is 14.1. The Kier molecular flexibility index (Phi) is 5.24. The van der Waals surface area contributed by atoms with Crippen molar-refractivity contribution in [2.45, 2.75) is 31.8 Å². The summed E-state index contributed by atoms with van der Waals surface area (Å²) < 4.78 is 5.81. The van der Waals surface area contributed by atoms with Gasteiger partial charge >= 0.3 is 0 Å². The number of carbonyl (C=O) groups is 1. The van der Waals surface area contributed by atoms with E-state index in [9.17, 15) is 4.79 Å². The highest BCUT2D eigenvalue weighted by Gasteiger charge is 2.32. The first-order valence-electron chi connectivity index (χ1n) is 8.44. The van der Waals surface area contributed by atoms with Gasteiger partial charge in [0.15, 0.2) is 0 Å². The average Bonchev–Trinajstić information content (AvgIpc) is 3.12. The molecule has 25 heavy (non-hydrogen) atoms. The van der Waals surface area contributed by atoms with Crippen molar-refractivity contribution in [1.82, 2.24) is 14.9 Å². The molecule has 2 atom stereocenters. The van der Waals surface area contributed by atoms with Gasteiger partial charge in [-0.25, -0.2) is 9.97 Å². The second kappa shape index (κ2) is 7.75. The molecule has 6 heteroatoms. The summed E-state index contributed by atoms with van der Waals surface area (Å²) in [6, 6.07) is 11.8. The minimum atomic E-state index is -0.166. The number of benzene rings is 1. The van der Waals surface area contributed by atoms with Gasteiger partial charge < -0.3 is 9.64 Å². The van der Waals surface area contributed by atoms with Gasteiger partial charge in [-0.2, -0.15) is 5.26 Å². The molecule has 0 aliphatic carbocycles. The van der Waals surface area contributed by atoms with Gasteiger partial charge in [0, 0.05) is 25.4 Å². The Hall–Kier alpha value is -2.94. The van der Waals surface area contributed by atoms with Crippen LogP contribution in [0.3, 0.4) is 0 Å². The van der Waals surface area contributed by atoms with E-state index in [1.807, 2.05) is 48.2 Å². The first-order chi connectivity index (χ1) is 12.2. The number of hydrogen-bond acceptors (Lipinski definition) is 5. The molecule has 1 saturated heterocycles. The molecular weight excluding hydrogens is 316 g/mol. The molecule has 0 saturated carbocycles. The van der Waals surface area contributed by atoms with Crippen LogP contribution in [0.4, 0.5) is 0 Å². The van der Waals surface area contributed by atoms with E-state index in [2.05, 4.69) is 9.97 Å². The maximum atomic E-state index is 12.9. The van der Waals surface area contributed by atoms with Gasteiger partial charge in [0.25, 0.3) is 5.88 Å². The predicted molar refractivity (Wildman–Crippen MR) is 91.8 cm³/mol. The summed E-state index contributed by atoms with van der Waals surface area (Å²) in [5.41, 5.74) is 1.21. The summed E-state index contributed by atoms with van der Waals surface area (Å²) in [5, 5.41) is 9.07. The number of ether oxygens (including phenoxy) is 1. The van der Waals surface area contributed by atoms with E-state index in [-0.39, 0.29) is 29.5 Å². The molecule has 1 amide bonds. The lowest BCUT2D eigenvalue weighted by molar-refractivity contribution is -0.132. The smallest absolute Gasteiger partial charge is 0.251 e. The van der Waals surface area contributed by atoms with Crippen molar-refractivity contribution in [3.05, 3.63) is 54.0 Å². The van der Waals surface area contributed by atoms with E-state index >= 15 is 0 Å². The van der Waals surface area contributed by atoms with E-state index in [4.69, 9.17) is 10.00 Å². The monoisotopic (exact) mass is 336 g/mol. The minimum absolute atomic E-state index is 0.124.